The van der Waals surface area contributed by atoms with Crippen molar-refractivity contribution in [1.29, 1.82) is 0 Å². The molecular formula is C31H41N7O. The Labute approximate surface area is 231 Å². The summed E-state index contributed by atoms with van der Waals surface area (Å²) in [5.41, 5.74) is 8.77. The molecular weight excluding hydrogens is 486 g/mol. The van der Waals surface area contributed by atoms with E-state index >= 15 is 0 Å². The summed E-state index contributed by atoms with van der Waals surface area (Å²) >= 11 is 0. The van der Waals surface area contributed by atoms with E-state index in [4.69, 9.17) is 4.98 Å². The zero-order valence-electron chi connectivity index (χ0n) is 23.8. The third kappa shape index (κ3) is 5.93. The molecule has 1 aromatic carbocycles. The first-order valence-corrected chi connectivity index (χ1v) is 13.8. The van der Waals surface area contributed by atoms with Gasteiger partial charge >= 0.3 is 0 Å². The maximum atomic E-state index is 10.6. The molecule has 0 radical (unpaired) electrons. The van der Waals surface area contributed by atoms with E-state index in [1.54, 1.807) is 0 Å². The van der Waals surface area contributed by atoms with Gasteiger partial charge in [-0.2, -0.15) is 5.10 Å². The number of hydrogen-bond donors (Lipinski definition) is 3. The van der Waals surface area contributed by atoms with Crippen LogP contribution in [0.3, 0.4) is 0 Å². The first-order valence-electron chi connectivity index (χ1n) is 13.8. The Bertz CT molecular complexity index is 1410. The normalized spacial score (nSPS) is 18.9. The van der Waals surface area contributed by atoms with Crippen molar-refractivity contribution < 1.29 is 5.11 Å². The van der Waals surface area contributed by atoms with Crippen LogP contribution in [0.4, 0.5) is 0 Å². The average molecular weight is 528 g/mol. The Kier molecular flexibility index (Phi) is 7.88. The number of aliphatic hydroxyl groups is 1. The van der Waals surface area contributed by atoms with Gasteiger partial charge in [0.1, 0.15) is 6.23 Å². The Hall–Kier alpha value is -3.46. The fraction of sp³-hybridized carbons (Fsp3) is 0.419. The number of aromatic nitrogens is 3. The molecule has 5 rings (SSSR count). The van der Waals surface area contributed by atoms with Gasteiger partial charge in [-0.05, 0) is 58.0 Å². The van der Waals surface area contributed by atoms with Crippen molar-refractivity contribution in [3.8, 4) is 11.3 Å². The lowest BCUT2D eigenvalue weighted by atomic mass is 10.0. The van der Waals surface area contributed by atoms with E-state index in [-0.39, 0.29) is 6.04 Å². The van der Waals surface area contributed by atoms with Crippen LogP contribution in [-0.2, 0) is 6.54 Å². The van der Waals surface area contributed by atoms with Crippen molar-refractivity contribution in [3.63, 3.8) is 0 Å². The molecule has 2 aromatic heterocycles. The molecule has 3 aromatic rings. The second-order valence-electron chi connectivity index (χ2n) is 11.2. The van der Waals surface area contributed by atoms with Gasteiger partial charge in [0, 0.05) is 78.8 Å². The molecule has 0 spiro atoms. The number of pyridine rings is 1. The summed E-state index contributed by atoms with van der Waals surface area (Å²) in [6, 6.07) is 11.0. The van der Waals surface area contributed by atoms with E-state index in [0.29, 0.717) is 6.54 Å². The van der Waals surface area contributed by atoms with Crippen LogP contribution in [0.25, 0.3) is 28.0 Å². The van der Waals surface area contributed by atoms with E-state index in [1.165, 1.54) is 5.56 Å². The summed E-state index contributed by atoms with van der Waals surface area (Å²) in [5, 5.41) is 22.7. The highest BCUT2D eigenvalue weighted by Crippen LogP contribution is 2.30. The zero-order valence-corrected chi connectivity index (χ0v) is 23.8. The van der Waals surface area contributed by atoms with Crippen LogP contribution in [0.15, 0.2) is 66.0 Å². The first kappa shape index (κ1) is 27.1. The van der Waals surface area contributed by atoms with Gasteiger partial charge in [-0.1, -0.05) is 30.8 Å². The SMILES string of the molecule is C=C(NCC1=C(C)C=C(C)NC1O)c1cc(-c2ccc(CN3CCN(C)CC3)cc2)nc2c1cnn2C(C)C. The van der Waals surface area contributed by atoms with Crippen molar-refractivity contribution >= 4 is 16.7 Å². The molecule has 0 aliphatic carbocycles. The maximum absolute atomic E-state index is 10.6. The number of likely N-dealkylation sites (N-methyl/N-ethyl adjacent to an activating group) is 1. The van der Waals surface area contributed by atoms with Crippen molar-refractivity contribution in [1.82, 2.24) is 35.2 Å². The summed E-state index contributed by atoms with van der Waals surface area (Å²) in [6.07, 6.45) is 3.22. The van der Waals surface area contributed by atoms with Gasteiger partial charge in [0.15, 0.2) is 5.65 Å². The summed E-state index contributed by atoms with van der Waals surface area (Å²) in [6.45, 7) is 18.5. The number of dihydropyridines is 1. The molecule has 1 fully saturated rings. The summed E-state index contributed by atoms with van der Waals surface area (Å²) < 4.78 is 1.96. The molecule has 0 bridgehead atoms. The maximum Gasteiger partial charge on any atom is 0.159 e. The molecule has 0 saturated carbocycles. The minimum atomic E-state index is -0.712. The van der Waals surface area contributed by atoms with Gasteiger partial charge in [0.25, 0.3) is 0 Å². The van der Waals surface area contributed by atoms with Crippen LogP contribution >= 0.6 is 0 Å². The quantitative estimate of drug-likeness (QED) is 0.406. The molecule has 2 aliphatic rings. The smallest absolute Gasteiger partial charge is 0.159 e. The van der Waals surface area contributed by atoms with Gasteiger partial charge in [-0.3, -0.25) is 4.90 Å². The molecule has 3 N–H and O–H groups in total. The third-order valence-corrected chi connectivity index (χ3v) is 7.76. The second kappa shape index (κ2) is 11.3. The lowest BCUT2D eigenvalue weighted by Gasteiger charge is -2.32. The molecule has 206 valence electrons. The van der Waals surface area contributed by atoms with E-state index < -0.39 is 6.23 Å². The summed E-state index contributed by atoms with van der Waals surface area (Å²) in [4.78, 5) is 9.95. The van der Waals surface area contributed by atoms with Crippen LogP contribution in [0.1, 0.15) is 44.9 Å². The molecule has 1 atom stereocenters. The first-order chi connectivity index (χ1) is 18.7. The highest BCUT2D eigenvalue weighted by Gasteiger charge is 2.20. The van der Waals surface area contributed by atoms with Crippen molar-refractivity contribution in [2.45, 2.75) is 46.5 Å². The number of allylic oxidation sites excluding steroid dienone is 3. The number of benzene rings is 1. The predicted molar refractivity (Wildman–Crippen MR) is 159 cm³/mol. The zero-order chi connectivity index (χ0) is 27.7. The predicted octanol–water partition coefficient (Wildman–Crippen LogP) is 4.13. The van der Waals surface area contributed by atoms with E-state index in [0.717, 1.165) is 83.1 Å². The van der Waals surface area contributed by atoms with E-state index in [9.17, 15) is 5.11 Å². The van der Waals surface area contributed by atoms with Crippen LogP contribution in [0, 0.1) is 0 Å². The number of nitrogens with one attached hydrogen (secondary N) is 2. The van der Waals surface area contributed by atoms with E-state index in [2.05, 4.69) is 89.4 Å². The lowest BCUT2D eigenvalue weighted by molar-refractivity contribution is 0.148. The number of aliphatic hydroxyl groups excluding tert-OH is 1. The van der Waals surface area contributed by atoms with Crippen LogP contribution < -0.4 is 10.6 Å². The molecule has 1 saturated heterocycles. The Morgan fingerprint density at radius 3 is 2.54 bits per heavy atom. The molecule has 8 nitrogen and oxygen atoms in total. The number of piperazine rings is 1. The number of rotatable bonds is 8. The summed E-state index contributed by atoms with van der Waals surface area (Å²) in [7, 11) is 2.19. The monoisotopic (exact) mass is 527 g/mol. The van der Waals surface area contributed by atoms with Gasteiger partial charge in [-0.15, -0.1) is 0 Å². The molecule has 4 heterocycles. The van der Waals surface area contributed by atoms with Crippen LogP contribution in [-0.4, -0.2) is 75.7 Å². The van der Waals surface area contributed by atoms with Gasteiger partial charge in [-0.25, -0.2) is 9.67 Å². The highest BCUT2D eigenvalue weighted by atomic mass is 16.3. The fourth-order valence-corrected chi connectivity index (χ4v) is 5.35. The third-order valence-electron chi connectivity index (χ3n) is 7.76. The molecule has 1 unspecified atom stereocenters. The average Bonchev–Trinajstić information content (AvgIpc) is 3.33. The number of nitrogens with zero attached hydrogens (tertiary/aromatic N) is 5. The van der Waals surface area contributed by atoms with Crippen molar-refractivity contribution in [3.05, 3.63) is 77.2 Å². The van der Waals surface area contributed by atoms with E-state index in [1.807, 2.05) is 24.7 Å². The number of hydrogen-bond acceptors (Lipinski definition) is 7. The molecule has 0 amide bonds. The van der Waals surface area contributed by atoms with Crippen molar-refractivity contribution in [2.24, 2.45) is 0 Å². The Morgan fingerprint density at radius 2 is 1.87 bits per heavy atom. The minimum absolute atomic E-state index is 0.177. The summed E-state index contributed by atoms with van der Waals surface area (Å²) in [5.74, 6) is 0. The van der Waals surface area contributed by atoms with Gasteiger partial charge in [0.05, 0.1) is 11.9 Å². The minimum Gasteiger partial charge on any atom is -0.381 e. The fourth-order valence-electron chi connectivity index (χ4n) is 5.35. The van der Waals surface area contributed by atoms with Gasteiger partial charge < -0.3 is 20.6 Å². The van der Waals surface area contributed by atoms with Crippen LogP contribution in [0.2, 0.25) is 0 Å². The molecule has 39 heavy (non-hydrogen) atoms. The van der Waals surface area contributed by atoms with Crippen molar-refractivity contribution in [2.75, 3.05) is 39.8 Å². The Balaban J connectivity index is 1.42. The molecule has 8 heteroatoms. The largest absolute Gasteiger partial charge is 0.381 e. The second-order valence-corrected chi connectivity index (χ2v) is 11.2. The molecule has 2 aliphatic heterocycles. The lowest BCUT2D eigenvalue weighted by Crippen LogP contribution is -2.43. The standard InChI is InChI=1S/C31H41N7O/c1-20(2)38-30-28(18-33-38)26(23(5)32-17-27-21(3)15-22(4)34-31(27)39)16-29(35-30)25-9-7-24(8-10-25)19-37-13-11-36(6)12-14-37/h7-10,15-16,18,20,31-32,34,39H,5,11-14,17,19H2,1-4,6H3. The highest BCUT2D eigenvalue weighted by molar-refractivity contribution is 5.91. The topological polar surface area (TPSA) is 81.5 Å². The van der Waals surface area contributed by atoms with Crippen LogP contribution in [0.5, 0.6) is 0 Å². The van der Waals surface area contributed by atoms with Gasteiger partial charge in [0.2, 0.25) is 0 Å². The Morgan fingerprint density at radius 1 is 1.15 bits per heavy atom. The number of fused-ring (bicyclic) bond motifs is 1.